The fraction of sp³-hybridized carbons (Fsp3) is 0.250. The number of hydrogen-bond donors (Lipinski definition) is 2. The van der Waals surface area contributed by atoms with E-state index in [2.05, 4.69) is 26.3 Å². The molecule has 4 aromatic rings. The third kappa shape index (κ3) is 4.30. The predicted octanol–water partition coefficient (Wildman–Crippen LogP) is 4.21. The summed E-state index contributed by atoms with van der Waals surface area (Å²) >= 11 is 0. The summed E-state index contributed by atoms with van der Waals surface area (Å²) in [5.41, 5.74) is 7.72. The number of carbonyl (C=O) groups is 1. The van der Waals surface area contributed by atoms with Crippen LogP contribution in [0.1, 0.15) is 41.0 Å². The molecule has 8 nitrogen and oxygen atoms in total. The molecule has 3 heterocycles. The van der Waals surface area contributed by atoms with Gasteiger partial charge in [-0.1, -0.05) is 19.8 Å². The molecule has 4 rings (SSSR count). The first kappa shape index (κ1) is 23.8. The summed E-state index contributed by atoms with van der Waals surface area (Å²) in [5.74, 6) is 2.12. The number of hydrogen-bond acceptors (Lipinski definition) is 5. The van der Waals surface area contributed by atoms with Crippen molar-refractivity contribution in [2.24, 2.45) is 5.73 Å². The monoisotopic (exact) mass is 481 g/mol. The quantitative estimate of drug-likeness (QED) is 0.385. The zero-order valence-corrected chi connectivity index (χ0v) is 19.0. The third-order valence-corrected chi connectivity index (χ3v) is 5.64. The maximum Gasteiger partial charge on any atom is 0.435 e. The molecule has 0 spiro atoms. The number of nitrogens with zero attached hydrogens (tertiary/aromatic N) is 5. The van der Waals surface area contributed by atoms with Crippen LogP contribution in [0.25, 0.3) is 16.9 Å². The summed E-state index contributed by atoms with van der Waals surface area (Å²) in [6.07, 6.45) is 7.37. The number of fused-ring (bicyclic) bond motifs is 1. The number of halogens is 3. The molecule has 3 N–H and O–H groups in total. The predicted molar refractivity (Wildman–Crippen MR) is 125 cm³/mol. The lowest BCUT2D eigenvalue weighted by Gasteiger charge is -2.17. The van der Waals surface area contributed by atoms with Crippen LogP contribution in [0.4, 0.5) is 24.7 Å². The molecular formula is C24H22F3N7O. The summed E-state index contributed by atoms with van der Waals surface area (Å²) in [6, 6.07) is 3.38. The van der Waals surface area contributed by atoms with Crippen molar-refractivity contribution in [1.29, 1.82) is 0 Å². The minimum atomic E-state index is -4.68. The maximum atomic E-state index is 13.7. The first-order chi connectivity index (χ1) is 16.7. The van der Waals surface area contributed by atoms with Crippen LogP contribution in [0.15, 0.2) is 36.9 Å². The van der Waals surface area contributed by atoms with Gasteiger partial charge in [-0.15, -0.1) is 6.42 Å². The molecule has 0 saturated heterocycles. The van der Waals surface area contributed by atoms with E-state index in [1.54, 1.807) is 12.1 Å². The van der Waals surface area contributed by atoms with Crippen molar-refractivity contribution < 1.29 is 18.0 Å². The largest absolute Gasteiger partial charge is 0.435 e. The van der Waals surface area contributed by atoms with Gasteiger partial charge in [-0.3, -0.25) is 13.9 Å². The number of aromatic nitrogens is 5. The van der Waals surface area contributed by atoms with E-state index >= 15 is 0 Å². The fourth-order valence-corrected chi connectivity index (χ4v) is 4.18. The zero-order chi connectivity index (χ0) is 25.3. The average molecular weight is 481 g/mol. The highest BCUT2D eigenvalue weighted by atomic mass is 19.4. The average Bonchev–Trinajstić information content (AvgIpc) is 3.43. The van der Waals surface area contributed by atoms with Gasteiger partial charge in [0.1, 0.15) is 6.54 Å². The molecule has 0 aliphatic carbocycles. The van der Waals surface area contributed by atoms with Crippen molar-refractivity contribution in [2.75, 3.05) is 5.32 Å². The Labute approximate surface area is 199 Å². The van der Waals surface area contributed by atoms with Gasteiger partial charge >= 0.3 is 6.18 Å². The van der Waals surface area contributed by atoms with Crippen molar-refractivity contribution >= 4 is 23.1 Å². The van der Waals surface area contributed by atoms with Crippen LogP contribution in [0.2, 0.25) is 0 Å². The van der Waals surface area contributed by atoms with Crippen LogP contribution in [-0.2, 0) is 25.6 Å². The number of anilines is 2. The smallest absolute Gasteiger partial charge is 0.366 e. The van der Waals surface area contributed by atoms with Gasteiger partial charge in [-0.2, -0.15) is 18.3 Å². The summed E-state index contributed by atoms with van der Waals surface area (Å²) < 4.78 is 43.6. The Balaban J connectivity index is 1.82. The number of amides is 1. The minimum Gasteiger partial charge on any atom is -0.366 e. The van der Waals surface area contributed by atoms with E-state index in [4.69, 9.17) is 12.2 Å². The first-order valence-corrected chi connectivity index (χ1v) is 10.8. The van der Waals surface area contributed by atoms with E-state index in [0.29, 0.717) is 35.6 Å². The number of benzene rings is 1. The Bertz CT molecular complexity index is 1460. The Hall–Kier alpha value is -4.33. The maximum absolute atomic E-state index is 13.7. The van der Waals surface area contributed by atoms with Gasteiger partial charge in [-0.25, -0.2) is 9.97 Å². The van der Waals surface area contributed by atoms with Crippen LogP contribution >= 0.6 is 0 Å². The molecule has 0 radical (unpaired) electrons. The number of terminal acetylenes is 1. The molecule has 11 heteroatoms. The molecule has 0 aliphatic rings. The van der Waals surface area contributed by atoms with Crippen LogP contribution in [0, 0.1) is 12.3 Å². The molecule has 180 valence electrons. The standard InChI is InChI=1S/C24H22F3N7O/c1-4-10-33-13-17(20(32-33)24(25,26)27)19-12-30-23-22(29-9-11-34(19)23)31-18-8-7-16(21(28)35)14(5-2)15(18)6-3/h1,7-9,11-13H,5-6,10H2,2-3H3,(H2,28,35)(H,29,31). The lowest BCUT2D eigenvalue weighted by atomic mass is 9.95. The van der Waals surface area contributed by atoms with Crippen LogP contribution < -0.4 is 11.1 Å². The normalized spacial score (nSPS) is 11.5. The molecule has 0 bridgehead atoms. The zero-order valence-electron chi connectivity index (χ0n) is 19.0. The Morgan fingerprint density at radius 2 is 1.94 bits per heavy atom. The molecule has 1 aromatic carbocycles. The molecule has 0 fully saturated rings. The van der Waals surface area contributed by atoms with Gasteiger partial charge in [0.15, 0.2) is 17.2 Å². The highest BCUT2D eigenvalue weighted by molar-refractivity contribution is 5.95. The van der Waals surface area contributed by atoms with Gasteiger partial charge in [-0.05, 0) is 36.1 Å². The second-order valence-electron chi connectivity index (χ2n) is 7.72. The molecule has 0 unspecified atom stereocenters. The van der Waals surface area contributed by atoms with Gasteiger partial charge in [0.25, 0.3) is 0 Å². The number of imidazole rings is 1. The highest BCUT2D eigenvalue weighted by Crippen LogP contribution is 2.37. The van der Waals surface area contributed by atoms with Crippen LogP contribution in [0.3, 0.4) is 0 Å². The molecule has 0 atom stereocenters. The van der Waals surface area contributed by atoms with Crippen molar-refractivity contribution in [3.8, 4) is 23.6 Å². The summed E-state index contributed by atoms with van der Waals surface area (Å²) in [4.78, 5) is 20.5. The lowest BCUT2D eigenvalue weighted by Crippen LogP contribution is -2.15. The number of nitrogens with one attached hydrogen (secondary N) is 1. The molecule has 35 heavy (non-hydrogen) atoms. The second kappa shape index (κ2) is 9.13. The summed E-state index contributed by atoms with van der Waals surface area (Å²) in [7, 11) is 0. The molecule has 3 aromatic heterocycles. The van der Waals surface area contributed by atoms with E-state index < -0.39 is 17.8 Å². The minimum absolute atomic E-state index is 0.102. The van der Waals surface area contributed by atoms with E-state index in [0.717, 1.165) is 15.8 Å². The number of primary amides is 1. The fourth-order valence-electron chi connectivity index (χ4n) is 4.18. The lowest BCUT2D eigenvalue weighted by molar-refractivity contribution is -0.141. The van der Waals surface area contributed by atoms with Gasteiger partial charge in [0.05, 0.1) is 17.5 Å². The molecular weight excluding hydrogens is 459 g/mol. The van der Waals surface area contributed by atoms with Crippen molar-refractivity contribution in [3.05, 3.63) is 59.3 Å². The Kier molecular flexibility index (Phi) is 6.22. The van der Waals surface area contributed by atoms with Crippen LogP contribution in [0.5, 0.6) is 0 Å². The van der Waals surface area contributed by atoms with E-state index in [1.807, 2.05) is 13.8 Å². The number of carbonyl (C=O) groups excluding carboxylic acids is 1. The number of nitrogens with two attached hydrogens (primary N) is 1. The number of rotatable bonds is 7. The Morgan fingerprint density at radius 1 is 1.20 bits per heavy atom. The van der Waals surface area contributed by atoms with Gasteiger partial charge < -0.3 is 11.1 Å². The van der Waals surface area contributed by atoms with E-state index in [-0.39, 0.29) is 17.8 Å². The van der Waals surface area contributed by atoms with E-state index in [1.165, 1.54) is 29.2 Å². The van der Waals surface area contributed by atoms with Crippen molar-refractivity contribution in [3.63, 3.8) is 0 Å². The van der Waals surface area contributed by atoms with Crippen LogP contribution in [-0.4, -0.2) is 30.1 Å². The van der Waals surface area contributed by atoms with Crippen molar-refractivity contribution in [2.45, 2.75) is 39.4 Å². The Morgan fingerprint density at radius 3 is 2.57 bits per heavy atom. The molecule has 0 saturated carbocycles. The highest BCUT2D eigenvalue weighted by Gasteiger charge is 2.38. The first-order valence-electron chi connectivity index (χ1n) is 10.8. The summed E-state index contributed by atoms with van der Waals surface area (Å²) in [5, 5.41) is 6.85. The van der Waals surface area contributed by atoms with Gasteiger partial charge in [0.2, 0.25) is 5.91 Å². The van der Waals surface area contributed by atoms with Gasteiger partial charge in [0, 0.05) is 29.8 Å². The third-order valence-electron chi connectivity index (χ3n) is 5.64. The molecule has 1 amide bonds. The molecule has 0 aliphatic heterocycles. The topological polar surface area (TPSA) is 103 Å². The summed E-state index contributed by atoms with van der Waals surface area (Å²) in [6.45, 7) is 3.79. The van der Waals surface area contributed by atoms with E-state index in [9.17, 15) is 18.0 Å². The number of alkyl halides is 3. The van der Waals surface area contributed by atoms with Crippen molar-refractivity contribution in [1.82, 2.24) is 24.1 Å². The SMILES string of the molecule is C#CCn1cc(-c2cnc3c(Nc4ccc(C(N)=O)c(CC)c4CC)nccn23)c(C(F)(F)F)n1. The second-order valence-corrected chi connectivity index (χ2v) is 7.72.